The zero-order valence-corrected chi connectivity index (χ0v) is 18.5. The standard InChI is InChI=1S/C19H29O.K/c1-10-20-19(8,9)16-12-14(17(2,3)4)11-15(13-16)18(5,6)7;/h11-13H,1H2,2-9H3;/q-1;+1. The van der Waals surface area contributed by atoms with Gasteiger partial charge in [-0.15, -0.1) is 0 Å². The summed E-state index contributed by atoms with van der Waals surface area (Å²) in [6.07, 6.45) is 2.57. The molecule has 0 radical (unpaired) electrons. The van der Waals surface area contributed by atoms with E-state index in [4.69, 9.17) is 4.74 Å². The van der Waals surface area contributed by atoms with Crippen molar-refractivity contribution < 1.29 is 56.1 Å². The molecule has 1 nitrogen and oxygen atoms in total. The number of hydrogen-bond acceptors (Lipinski definition) is 1. The van der Waals surface area contributed by atoms with Crippen molar-refractivity contribution in [3.63, 3.8) is 0 Å². The van der Waals surface area contributed by atoms with Gasteiger partial charge in [-0.05, 0) is 41.4 Å². The Morgan fingerprint density at radius 3 is 1.38 bits per heavy atom. The number of benzene rings is 1. The minimum Gasteiger partial charge on any atom is -0.687 e. The second-order valence-corrected chi connectivity index (χ2v) is 8.06. The van der Waals surface area contributed by atoms with Crippen molar-refractivity contribution in [2.45, 2.75) is 71.8 Å². The average molecular weight is 313 g/mol. The minimum atomic E-state index is -0.414. The summed E-state index contributed by atoms with van der Waals surface area (Å²) in [7, 11) is 0. The molecule has 112 valence electrons. The molecule has 21 heavy (non-hydrogen) atoms. The zero-order valence-electron chi connectivity index (χ0n) is 15.3. The van der Waals surface area contributed by atoms with Gasteiger partial charge in [-0.25, -0.2) is 6.58 Å². The van der Waals surface area contributed by atoms with Crippen LogP contribution >= 0.6 is 0 Å². The molecule has 0 aliphatic rings. The van der Waals surface area contributed by atoms with Gasteiger partial charge in [-0.3, -0.25) is 0 Å². The summed E-state index contributed by atoms with van der Waals surface area (Å²) < 4.78 is 5.59. The van der Waals surface area contributed by atoms with Crippen LogP contribution in [-0.4, -0.2) is 0 Å². The second-order valence-electron chi connectivity index (χ2n) is 8.06. The molecule has 0 atom stereocenters. The molecule has 0 aliphatic heterocycles. The predicted octanol–water partition coefficient (Wildman–Crippen LogP) is 2.48. The number of rotatable bonds is 3. The average Bonchev–Trinajstić information content (AvgIpc) is 2.26. The van der Waals surface area contributed by atoms with Crippen molar-refractivity contribution in [3.05, 3.63) is 47.7 Å². The first kappa shape index (κ1) is 21.4. The van der Waals surface area contributed by atoms with Crippen LogP contribution in [0.15, 0.2) is 24.8 Å². The van der Waals surface area contributed by atoms with Crippen molar-refractivity contribution in [2.75, 3.05) is 0 Å². The molecular weight excluding hydrogens is 283 g/mol. The van der Waals surface area contributed by atoms with E-state index in [1.54, 1.807) is 0 Å². The molecule has 0 aliphatic carbocycles. The Morgan fingerprint density at radius 1 is 0.762 bits per heavy atom. The number of ether oxygens (including phenoxy) is 1. The molecule has 0 spiro atoms. The van der Waals surface area contributed by atoms with Gasteiger partial charge >= 0.3 is 51.4 Å². The van der Waals surface area contributed by atoms with E-state index in [1.165, 1.54) is 16.7 Å². The van der Waals surface area contributed by atoms with Crippen LogP contribution in [0.1, 0.15) is 72.1 Å². The normalized spacial score (nSPS) is 12.6. The molecule has 1 aromatic carbocycles. The second kappa shape index (κ2) is 7.31. The summed E-state index contributed by atoms with van der Waals surface area (Å²) in [4.78, 5) is 0. The first-order valence-corrected chi connectivity index (χ1v) is 7.24. The molecule has 0 N–H and O–H groups in total. The van der Waals surface area contributed by atoms with Gasteiger partial charge in [0.15, 0.2) is 0 Å². The Hall–Kier alpha value is 0.396. The monoisotopic (exact) mass is 312 g/mol. The molecule has 0 aromatic heterocycles. The van der Waals surface area contributed by atoms with Crippen LogP contribution in [-0.2, 0) is 21.2 Å². The topological polar surface area (TPSA) is 9.23 Å². The van der Waals surface area contributed by atoms with Crippen LogP contribution in [0.25, 0.3) is 0 Å². The Balaban J connectivity index is 0.00000400. The summed E-state index contributed by atoms with van der Waals surface area (Å²) in [5.74, 6) is 0. The maximum atomic E-state index is 5.59. The first-order chi connectivity index (χ1) is 8.88. The van der Waals surface area contributed by atoms with E-state index in [-0.39, 0.29) is 62.2 Å². The summed E-state index contributed by atoms with van der Waals surface area (Å²) >= 11 is 0. The van der Waals surface area contributed by atoms with Crippen LogP contribution in [0.5, 0.6) is 0 Å². The fourth-order valence-corrected chi connectivity index (χ4v) is 2.08. The van der Waals surface area contributed by atoms with Gasteiger partial charge in [0.05, 0.1) is 5.60 Å². The maximum Gasteiger partial charge on any atom is 1.00 e. The largest absolute Gasteiger partial charge is 1.00 e. The molecule has 0 fully saturated rings. The predicted molar refractivity (Wildman–Crippen MR) is 86.8 cm³/mol. The molecular formula is C19H29KO. The molecule has 0 saturated heterocycles. The third kappa shape index (κ3) is 5.83. The van der Waals surface area contributed by atoms with E-state index in [0.717, 1.165) is 0 Å². The van der Waals surface area contributed by atoms with Gasteiger partial charge in [0.25, 0.3) is 0 Å². The molecule has 0 saturated carbocycles. The van der Waals surface area contributed by atoms with Crippen molar-refractivity contribution in [1.82, 2.24) is 0 Å². The van der Waals surface area contributed by atoms with E-state index in [9.17, 15) is 0 Å². The molecule has 0 unspecified atom stereocenters. The van der Waals surface area contributed by atoms with Gasteiger partial charge in [-0.2, -0.15) is 0 Å². The smallest absolute Gasteiger partial charge is 0.687 e. The molecule has 0 amide bonds. The van der Waals surface area contributed by atoms with Gasteiger partial charge in [0.1, 0.15) is 0 Å². The summed E-state index contributed by atoms with van der Waals surface area (Å²) in [6.45, 7) is 21.1. The van der Waals surface area contributed by atoms with Crippen molar-refractivity contribution >= 4 is 0 Å². The van der Waals surface area contributed by atoms with Crippen molar-refractivity contribution in [2.24, 2.45) is 0 Å². The van der Waals surface area contributed by atoms with Crippen molar-refractivity contribution in [3.8, 4) is 0 Å². The molecule has 0 heterocycles. The SMILES string of the molecule is C=[C-]OC(C)(C)c1cc(C(C)(C)C)cc(C(C)(C)C)c1.[K+]. The molecule has 2 heteroatoms. The Morgan fingerprint density at radius 2 is 1.10 bits per heavy atom. The van der Waals surface area contributed by atoms with Gasteiger partial charge in [-0.1, -0.05) is 59.7 Å². The van der Waals surface area contributed by atoms with Crippen LogP contribution in [0.2, 0.25) is 0 Å². The molecule has 1 rings (SSSR count). The Labute approximate surface area is 174 Å². The van der Waals surface area contributed by atoms with E-state index >= 15 is 0 Å². The summed E-state index contributed by atoms with van der Waals surface area (Å²) in [5, 5.41) is 0. The van der Waals surface area contributed by atoms with E-state index in [1.807, 2.05) is 0 Å². The third-order valence-corrected chi connectivity index (χ3v) is 3.69. The number of hydrogen-bond donors (Lipinski definition) is 0. The molecule has 0 bridgehead atoms. The summed E-state index contributed by atoms with van der Waals surface area (Å²) in [6, 6.07) is 6.80. The van der Waals surface area contributed by atoms with Gasteiger partial charge in [0, 0.05) is 0 Å². The van der Waals surface area contributed by atoms with Crippen LogP contribution in [0.4, 0.5) is 0 Å². The third-order valence-electron chi connectivity index (χ3n) is 3.69. The van der Waals surface area contributed by atoms with Gasteiger partial charge in [0.2, 0.25) is 0 Å². The van der Waals surface area contributed by atoms with Crippen LogP contribution in [0.3, 0.4) is 0 Å². The zero-order chi connectivity index (χ0) is 15.8. The van der Waals surface area contributed by atoms with Crippen LogP contribution < -0.4 is 51.4 Å². The van der Waals surface area contributed by atoms with E-state index < -0.39 is 5.60 Å². The minimum absolute atomic E-state index is 0. The summed E-state index contributed by atoms with van der Waals surface area (Å²) in [5.41, 5.74) is 3.66. The van der Waals surface area contributed by atoms with Crippen LogP contribution in [0, 0.1) is 6.26 Å². The fourth-order valence-electron chi connectivity index (χ4n) is 2.08. The Kier molecular flexibility index (Phi) is 7.45. The van der Waals surface area contributed by atoms with Gasteiger partial charge < -0.3 is 11.0 Å². The van der Waals surface area contributed by atoms with E-state index in [0.29, 0.717) is 0 Å². The Bertz CT molecular complexity index is 455. The quantitative estimate of drug-likeness (QED) is 0.473. The maximum absolute atomic E-state index is 5.59. The first-order valence-electron chi connectivity index (χ1n) is 7.24. The fraction of sp³-hybridized carbons (Fsp3) is 0.579. The van der Waals surface area contributed by atoms with Crippen molar-refractivity contribution in [1.29, 1.82) is 0 Å². The van der Waals surface area contributed by atoms with E-state index in [2.05, 4.69) is 86.4 Å². The molecule has 1 aromatic rings.